The number of carbonyl (C=O) groups excluding carboxylic acids is 3. The van der Waals surface area contributed by atoms with E-state index in [1.54, 1.807) is 49.9 Å². The van der Waals surface area contributed by atoms with Crippen molar-refractivity contribution >= 4 is 29.3 Å². The number of halogens is 1. The number of esters is 1. The number of aromatic nitrogens is 1. The van der Waals surface area contributed by atoms with Gasteiger partial charge in [0.25, 0.3) is 5.91 Å². The molecule has 1 heterocycles. The molecule has 34 heavy (non-hydrogen) atoms. The number of ketones is 1. The van der Waals surface area contributed by atoms with Crippen LogP contribution in [0.4, 0.5) is 0 Å². The van der Waals surface area contributed by atoms with Crippen LogP contribution in [0.25, 0.3) is 0 Å². The summed E-state index contributed by atoms with van der Waals surface area (Å²) in [6.45, 7) is 9.91. The maximum Gasteiger partial charge on any atom is 0.355 e. The van der Waals surface area contributed by atoms with Gasteiger partial charge in [-0.1, -0.05) is 43.0 Å². The molecule has 1 unspecified atom stereocenters. The van der Waals surface area contributed by atoms with E-state index >= 15 is 0 Å². The summed E-state index contributed by atoms with van der Waals surface area (Å²) in [5.41, 5.74) is 2.61. The molecule has 0 spiro atoms. The molecular weight excluding hydrogens is 452 g/mol. The Hall–Kier alpha value is -2.60. The molecule has 6 nitrogen and oxygen atoms in total. The number of Topliss-reactive ketones (excluding diaryl/α,β-unsaturated/α-hetero) is 1. The van der Waals surface area contributed by atoms with Crippen LogP contribution < -0.4 is 0 Å². The second kappa shape index (κ2) is 11.2. The largest absolute Gasteiger partial charge is 0.461 e. The van der Waals surface area contributed by atoms with Gasteiger partial charge in [-0.2, -0.15) is 0 Å². The van der Waals surface area contributed by atoms with Crippen LogP contribution in [0.3, 0.4) is 0 Å². The zero-order valence-corrected chi connectivity index (χ0v) is 21.6. The van der Waals surface area contributed by atoms with Crippen molar-refractivity contribution in [3.63, 3.8) is 0 Å². The lowest BCUT2D eigenvalue weighted by Gasteiger charge is -2.38. The van der Waals surface area contributed by atoms with Gasteiger partial charge in [0.1, 0.15) is 5.69 Å². The third-order valence-electron chi connectivity index (χ3n) is 6.90. The molecule has 1 aliphatic carbocycles. The standard InChI is InChI=1S/C27H35ClN2O4/c1-6-29-18(4)23(17(3)24(29)27(33)34-7-2)25(31)19(5)30(20-13-9-8-10-14-20)26(32)21-15-11-12-16-22(21)28/h11-12,15-16,19-20H,6-10,13-14H2,1-5H3. The molecule has 1 aromatic heterocycles. The first kappa shape index (κ1) is 26.0. The zero-order valence-electron chi connectivity index (χ0n) is 20.8. The molecular formula is C27H35ClN2O4. The molecule has 1 fully saturated rings. The fraction of sp³-hybridized carbons (Fsp3) is 0.519. The lowest BCUT2D eigenvalue weighted by Crippen LogP contribution is -2.50. The normalized spacial score (nSPS) is 15.1. The number of amides is 1. The van der Waals surface area contributed by atoms with Crippen molar-refractivity contribution in [3.8, 4) is 0 Å². The van der Waals surface area contributed by atoms with Crippen LogP contribution in [0.15, 0.2) is 24.3 Å². The van der Waals surface area contributed by atoms with Gasteiger partial charge in [0, 0.05) is 23.8 Å². The fourth-order valence-corrected chi connectivity index (χ4v) is 5.46. The monoisotopic (exact) mass is 486 g/mol. The van der Waals surface area contributed by atoms with E-state index in [0.29, 0.717) is 39.6 Å². The molecule has 1 saturated carbocycles. The molecule has 2 aromatic rings. The Morgan fingerprint density at radius 2 is 1.76 bits per heavy atom. The predicted molar refractivity (Wildman–Crippen MR) is 134 cm³/mol. The second-order valence-corrected chi connectivity index (χ2v) is 9.33. The molecule has 0 radical (unpaired) electrons. The highest BCUT2D eigenvalue weighted by molar-refractivity contribution is 6.33. The third kappa shape index (κ3) is 4.92. The van der Waals surface area contributed by atoms with E-state index in [0.717, 1.165) is 32.1 Å². The number of nitrogens with zero attached hydrogens (tertiary/aromatic N) is 2. The number of hydrogen-bond donors (Lipinski definition) is 0. The molecule has 1 aliphatic rings. The van der Waals surface area contributed by atoms with Gasteiger partial charge >= 0.3 is 5.97 Å². The number of carbonyl (C=O) groups is 3. The predicted octanol–water partition coefficient (Wildman–Crippen LogP) is 6.00. The van der Waals surface area contributed by atoms with Crippen molar-refractivity contribution in [3.05, 3.63) is 57.4 Å². The van der Waals surface area contributed by atoms with E-state index < -0.39 is 12.0 Å². The zero-order chi connectivity index (χ0) is 25.0. The van der Waals surface area contributed by atoms with E-state index in [9.17, 15) is 14.4 Å². The summed E-state index contributed by atoms with van der Waals surface area (Å²) in [4.78, 5) is 42.1. The Morgan fingerprint density at radius 1 is 1.12 bits per heavy atom. The third-order valence-corrected chi connectivity index (χ3v) is 7.23. The van der Waals surface area contributed by atoms with Gasteiger partial charge < -0.3 is 14.2 Å². The average molecular weight is 487 g/mol. The average Bonchev–Trinajstić information content (AvgIpc) is 3.08. The van der Waals surface area contributed by atoms with E-state index in [2.05, 4.69) is 0 Å². The number of benzene rings is 1. The van der Waals surface area contributed by atoms with E-state index in [1.807, 2.05) is 18.4 Å². The number of ether oxygens (including phenoxy) is 1. The fourth-order valence-electron chi connectivity index (χ4n) is 5.24. The first-order valence-electron chi connectivity index (χ1n) is 12.2. The highest BCUT2D eigenvalue weighted by Gasteiger charge is 2.37. The molecule has 3 rings (SSSR count). The molecule has 0 N–H and O–H groups in total. The Kier molecular flexibility index (Phi) is 8.58. The van der Waals surface area contributed by atoms with Gasteiger partial charge in [0.05, 0.1) is 23.2 Å². The summed E-state index contributed by atoms with van der Waals surface area (Å²) in [7, 11) is 0. The maximum atomic E-state index is 14.0. The molecule has 184 valence electrons. The van der Waals surface area contributed by atoms with E-state index in [1.165, 1.54) is 0 Å². The molecule has 0 aliphatic heterocycles. The smallest absolute Gasteiger partial charge is 0.355 e. The summed E-state index contributed by atoms with van der Waals surface area (Å²) in [6, 6.07) is 6.24. The summed E-state index contributed by atoms with van der Waals surface area (Å²) < 4.78 is 7.09. The van der Waals surface area contributed by atoms with Crippen molar-refractivity contribution in [2.24, 2.45) is 0 Å². The van der Waals surface area contributed by atoms with Crippen molar-refractivity contribution in [1.29, 1.82) is 0 Å². The molecule has 7 heteroatoms. The van der Waals surface area contributed by atoms with Gasteiger partial charge in [-0.3, -0.25) is 9.59 Å². The SMILES string of the molecule is CCOC(=O)c1c(C)c(C(=O)C(C)N(C(=O)c2ccccc2Cl)C2CCCCC2)c(C)n1CC. The minimum Gasteiger partial charge on any atom is -0.461 e. The van der Waals surface area contributed by atoms with Gasteiger partial charge in [-0.05, 0) is 65.2 Å². The first-order valence-corrected chi connectivity index (χ1v) is 12.6. The molecule has 1 amide bonds. The number of rotatable bonds is 8. The van der Waals surface area contributed by atoms with Crippen molar-refractivity contribution < 1.29 is 19.1 Å². The summed E-state index contributed by atoms with van der Waals surface area (Å²) >= 11 is 6.37. The van der Waals surface area contributed by atoms with Crippen LogP contribution >= 0.6 is 11.6 Å². The van der Waals surface area contributed by atoms with Crippen molar-refractivity contribution in [1.82, 2.24) is 9.47 Å². The molecule has 1 atom stereocenters. The highest BCUT2D eigenvalue weighted by Crippen LogP contribution is 2.31. The quantitative estimate of drug-likeness (QED) is 0.339. The van der Waals surface area contributed by atoms with E-state index in [4.69, 9.17) is 16.3 Å². The van der Waals surface area contributed by atoms with Crippen molar-refractivity contribution in [2.75, 3.05) is 6.61 Å². The number of hydrogen-bond acceptors (Lipinski definition) is 4. The lowest BCUT2D eigenvalue weighted by atomic mass is 9.90. The van der Waals surface area contributed by atoms with Crippen LogP contribution in [-0.4, -0.2) is 45.8 Å². The van der Waals surface area contributed by atoms with Crippen molar-refractivity contribution in [2.45, 2.75) is 85.4 Å². The highest BCUT2D eigenvalue weighted by atomic mass is 35.5. The van der Waals surface area contributed by atoms with Crippen LogP contribution in [-0.2, 0) is 11.3 Å². The van der Waals surface area contributed by atoms with Crippen LogP contribution in [0.5, 0.6) is 0 Å². The minimum absolute atomic E-state index is 0.0325. The molecule has 0 saturated heterocycles. The van der Waals surface area contributed by atoms with Gasteiger partial charge in [0.2, 0.25) is 0 Å². The molecule has 0 bridgehead atoms. The first-order chi connectivity index (χ1) is 16.2. The van der Waals surface area contributed by atoms with Crippen LogP contribution in [0, 0.1) is 13.8 Å². The second-order valence-electron chi connectivity index (χ2n) is 8.92. The summed E-state index contributed by atoms with van der Waals surface area (Å²) in [6.07, 6.45) is 4.89. The minimum atomic E-state index is -0.702. The Morgan fingerprint density at radius 3 is 2.35 bits per heavy atom. The van der Waals surface area contributed by atoms with Gasteiger partial charge in [-0.15, -0.1) is 0 Å². The lowest BCUT2D eigenvalue weighted by molar-refractivity contribution is 0.0485. The summed E-state index contributed by atoms with van der Waals surface area (Å²) in [5.74, 6) is -0.833. The van der Waals surface area contributed by atoms with E-state index in [-0.39, 0.29) is 24.3 Å². The maximum absolute atomic E-state index is 14.0. The Labute approximate surface area is 207 Å². The van der Waals surface area contributed by atoms with Gasteiger partial charge in [0.15, 0.2) is 5.78 Å². The van der Waals surface area contributed by atoms with Crippen LogP contribution in [0.2, 0.25) is 5.02 Å². The van der Waals surface area contributed by atoms with Crippen LogP contribution in [0.1, 0.15) is 95.3 Å². The van der Waals surface area contributed by atoms with Gasteiger partial charge in [-0.25, -0.2) is 4.79 Å². The topological polar surface area (TPSA) is 68.6 Å². The molecule has 1 aromatic carbocycles. The Bertz CT molecular complexity index is 1070. The summed E-state index contributed by atoms with van der Waals surface area (Å²) in [5, 5.41) is 0.377. The Balaban J connectivity index is 2.06.